The number of carboxylic acids is 1. The molecule has 2 aliphatic rings. The van der Waals surface area contributed by atoms with Crippen LogP contribution in [0.5, 0.6) is 0 Å². The van der Waals surface area contributed by atoms with Gasteiger partial charge in [0.1, 0.15) is 12.1 Å². The number of hydrogen-bond donors (Lipinski definition) is 2. The predicted octanol–water partition coefficient (Wildman–Crippen LogP) is 2.89. The zero-order valence-corrected chi connectivity index (χ0v) is 24.5. The smallest absolute Gasteiger partial charge is 0.326 e. The molecule has 1 aliphatic carbocycles. The summed E-state index contributed by atoms with van der Waals surface area (Å²) in [4.78, 5) is 38.8. The number of nitrogens with one attached hydrogen (secondary N) is 1. The number of nitrogens with zero attached hydrogens (tertiary/aromatic N) is 1. The fourth-order valence-corrected chi connectivity index (χ4v) is 4.76. The quantitative estimate of drug-likeness (QED) is 0.450. The first kappa shape index (κ1) is 39.3. The van der Waals surface area contributed by atoms with Gasteiger partial charge in [-0.15, -0.1) is 0 Å². The summed E-state index contributed by atoms with van der Waals surface area (Å²) in [6.45, 7) is 7.82. The second-order valence-electron chi connectivity index (χ2n) is 8.20. The summed E-state index contributed by atoms with van der Waals surface area (Å²) in [5.41, 5.74) is -0.138. The van der Waals surface area contributed by atoms with Crippen LogP contribution in [0, 0.1) is 5.41 Å². The molecule has 1 amide bonds. The SMILES string of the molecule is CCC[C@H](N[C@@H](C)C(=O)N1[C@H]2CCCC[C@@]2(C)C[C@H]1C(=O)O)C(=O)OCC.S.S.S.S.S. The van der Waals surface area contributed by atoms with Crippen LogP contribution in [-0.4, -0.2) is 58.6 Å². The van der Waals surface area contributed by atoms with Gasteiger partial charge in [0, 0.05) is 6.04 Å². The third kappa shape index (κ3) is 9.05. The number of rotatable bonds is 8. The fourth-order valence-electron chi connectivity index (χ4n) is 4.76. The second kappa shape index (κ2) is 17.5. The lowest BCUT2D eigenvalue weighted by atomic mass is 9.71. The minimum Gasteiger partial charge on any atom is -0.480 e. The van der Waals surface area contributed by atoms with E-state index in [-0.39, 0.29) is 97.4 Å². The molecule has 5 atom stereocenters. The van der Waals surface area contributed by atoms with Crippen LogP contribution in [0.25, 0.3) is 0 Å². The van der Waals surface area contributed by atoms with Crippen LogP contribution in [0.1, 0.15) is 72.6 Å². The number of carbonyl (C=O) groups excluding carboxylic acids is 2. The molecule has 0 aromatic carbocycles. The normalized spacial score (nSPS) is 25.1. The molecule has 2 N–H and O–H groups in total. The number of carbonyl (C=O) groups is 3. The van der Waals surface area contributed by atoms with Crippen LogP contribution in [0.15, 0.2) is 0 Å². The number of carboxylic acid groups (broad SMARTS) is 1. The molecule has 0 spiro atoms. The van der Waals surface area contributed by atoms with Gasteiger partial charge in [-0.1, -0.05) is 33.1 Å². The standard InChI is InChI=1S/C20H34N2O5.5H2S/c1-5-9-14(19(26)27-6-2)21-13(3)17(23)22-15(18(24)25)12-20(4)11-8-7-10-16(20)22;;;;;/h13-16,21H,5-12H2,1-4H3,(H,24,25);5*1H2/t13-,14-,15-,16-,20-;;;;;/m0...../s1. The lowest BCUT2D eigenvalue weighted by Gasteiger charge is -2.40. The number of hydrogen-bond acceptors (Lipinski definition) is 5. The fraction of sp³-hybridized carbons (Fsp3) is 0.850. The van der Waals surface area contributed by atoms with E-state index < -0.39 is 24.1 Å². The Morgan fingerprint density at radius 1 is 1.12 bits per heavy atom. The first-order valence-corrected chi connectivity index (χ1v) is 10.2. The molecular weight excluding hydrogens is 509 g/mol. The van der Waals surface area contributed by atoms with Gasteiger partial charge in [-0.2, -0.15) is 67.5 Å². The first-order chi connectivity index (χ1) is 12.7. The van der Waals surface area contributed by atoms with Crippen LogP contribution in [0.3, 0.4) is 0 Å². The van der Waals surface area contributed by atoms with Gasteiger partial charge in [-0.25, -0.2) is 4.79 Å². The topological polar surface area (TPSA) is 95.9 Å². The minimum atomic E-state index is -0.943. The zero-order chi connectivity index (χ0) is 20.2. The molecule has 0 unspecified atom stereocenters. The van der Waals surface area contributed by atoms with Crippen molar-refractivity contribution >= 4 is 85.3 Å². The summed E-state index contributed by atoms with van der Waals surface area (Å²) < 4.78 is 5.10. The number of esters is 1. The summed E-state index contributed by atoms with van der Waals surface area (Å²) in [7, 11) is 0. The van der Waals surface area contributed by atoms with E-state index in [4.69, 9.17) is 4.74 Å². The second-order valence-corrected chi connectivity index (χ2v) is 8.20. The lowest BCUT2D eigenvalue weighted by molar-refractivity contribution is -0.152. The molecule has 1 heterocycles. The van der Waals surface area contributed by atoms with Crippen molar-refractivity contribution in [3.63, 3.8) is 0 Å². The minimum absolute atomic E-state index is 0. The Balaban J connectivity index is -0.000000784. The molecular formula is C20H44N2O5S5. The summed E-state index contributed by atoms with van der Waals surface area (Å²) >= 11 is 0. The van der Waals surface area contributed by atoms with E-state index in [1.54, 1.807) is 18.7 Å². The molecule has 194 valence electrons. The number of aliphatic carboxylic acids is 1. The lowest BCUT2D eigenvalue weighted by Crippen LogP contribution is -2.56. The van der Waals surface area contributed by atoms with Gasteiger partial charge in [0.2, 0.25) is 5.91 Å². The molecule has 2 rings (SSSR count). The maximum atomic E-state index is 13.2. The van der Waals surface area contributed by atoms with E-state index in [9.17, 15) is 19.5 Å². The monoisotopic (exact) mass is 552 g/mol. The van der Waals surface area contributed by atoms with Gasteiger partial charge in [0.05, 0.1) is 12.6 Å². The van der Waals surface area contributed by atoms with Crippen molar-refractivity contribution in [1.29, 1.82) is 0 Å². The Morgan fingerprint density at radius 3 is 2.22 bits per heavy atom. The van der Waals surface area contributed by atoms with Crippen LogP contribution in [-0.2, 0) is 19.1 Å². The van der Waals surface area contributed by atoms with Crippen molar-refractivity contribution in [2.45, 2.75) is 96.8 Å². The molecule has 1 aliphatic heterocycles. The maximum absolute atomic E-state index is 13.2. The van der Waals surface area contributed by atoms with Crippen molar-refractivity contribution in [1.82, 2.24) is 10.2 Å². The Hall–Kier alpha value is 0.120. The van der Waals surface area contributed by atoms with Gasteiger partial charge in [-0.05, 0) is 44.9 Å². The highest BCUT2D eigenvalue weighted by Gasteiger charge is 2.54. The number of ether oxygens (including phenoxy) is 1. The summed E-state index contributed by atoms with van der Waals surface area (Å²) in [5, 5.41) is 12.8. The molecule has 32 heavy (non-hydrogen) atoms. The first-order valence-electron chi connectivity index (χ1n) is 10.2. The van der Waals surface area contributed by atoms with Crippen LogP contribution in [0.4, 0.5) is 0 Å². The molecule has 0 aromatic rings. The van der Waals surface area contributed by atoms with E-state index >= 15 is 0 Å². The summed E-state index contributed by atoms with van der Waals surface area (Å²) in [5.74, 6) is -1.54. The molecule has 7 nitrogen and oxygen atoms in total. The highest BCUT2D eigenvalue weighted by Crippen LogP contribution is 2.49. The van der Waals surface area contributed by atoms with Gasteiger partial charge in [0.15, 0.2) is 0 Å². The highest BCUT2D eigenvalue weighted by atomic mass is 32.1. The molecule has 12 heteroatoms. The van der Waals surface area contributed by atoms with E-state index in [0.29, 0.717) is 12.8 Å². The summed E-state index contributed by atoms with van der Waals surface area (Å²) in [6, 6.07) is -2.03. The van der Waals surface area contributed by atoms with Crippen LogP contribution < -0.4 is 5.32 Å². The zero-order valence-electron chi connectivity index (χ0n) is 19.5. The molecule has 2 fully saturated rings. The number of amides is 1. The van der Waals surface area contributed by atoms with Crippen LogP contribution >= 0.6 is 67.5 Å². The molecule has 1 saturated heterocycles. The van der Waals surface area contributed by atoms with Crippen molar-refractivity contribution in [2.24, 2.45) is 5.41 Å². The third-order valence-corrected chi connectivity index (χ3v) is 6.12. The van der Waals surface area contributed by atoms with Crippen molar-refractivity contribution in [2.75, 3.05) is 6.61 Å². The highest BCUT2D eigenvalue weighted by molar-refractivity contribution is 7.60. The third-order valence-electron chi connectivity index (χ3n) is 6.12. The van der Waals surface area contributed by atoms with E-state index in [2.05, 4.69) is 12.2 Å². The molecule has 1 saturated carbocycles. The Bertz CT molecular complexity index is 587. The van der Waals surface area contributed by atoms with Gasteiger partial charge < -0.3 is 14.7 Å². The van der Waals surface area contributed by atoms with E-state index in [1.165, 1.54) is 0 Å². The Kier molecular flexibility index (Phi) is 21.6. The Labute approximate surface area is 227 Å². The largest absolute Gasteiger partial charge is 0.480 e. The predicted molar refractivity (Wildman–Crippen MR) is 153 cm³/mol. The maximum Gasteiger partial charge on any atom is 0.326 e. The van der Waals surface area contributed by atoms with Crippen LogP contribution in [0.2, 0.25) is 0 Å². The van der Waals surface area contributed by atoms with E-state index in [1.807, 2.05) is 6.92 Å². The Morgan fingerprint density at radius 2 is 1.72 bits per heavy atom. The van der Waals surface area contributed by atoms with Crippen molar-refractivity contribution in [3.05, 3.63) is 0 Å². The molecule has 0 aromatic heterocycles. The van der Waals surface area contributed by atoms with Gasteiger partial charge in [0.25, 0.3) is 0 Å². The number of likely N-dealkylation sites (tertiary alicyclic amines) is 1. The van der Waals surface area contributed by atoms with Crippen molar-refractivity contribution < 1.29 is 24.2 Å². The summed E-state index contributed by atoms with van der Waals surface area (Å²) in [6.07, 6.45) is 5.74. The molecule has 0 radical (unpaired) electrons. The van der Waals surface area contributed by atoms with Gasteiger partial charge >= 0.3 is 11.9 Å². The molecule has 0 bridgehead atoms. The average molecular weight is 553 g/mol. The van der Waals surface area contributed by atoms with Crippen molar-refractivity contribution in [3.8, 4) is 0 Å². The average Bonchev–Trinajstić information content (AvgIpc) is 2.94. The number of fused-ring (bicyclic) bond motifs is 1. The van der Waals surface area contributed by atoms with Gasteiger partial charge in [-0.3, -0.25) is 14.9 Å². The van der Waals surface area contributed by atoms with E-state index in [0.717, 1.165) is 32.1 Å².